The SMILES string of the molecule is CCOC(=O)C1=C(C)N=c2s/c(=C\c3cn(CC#N)c4ccccc34)c(=O)n2[C@H]1c1cc(OC)c(OC)cc1Br. The van der Waals surface area contributed by atoms with Gasteiger partial charge in [0.05, 0.1) is 48.7 Å². The maximum atomic E-state index is 14.1. The summed E-state index contributed by atoms with van der Waals surface area (Å²) in [4.78, 5) is 32.4. The van der Waals surface area contributed by atoms with Gasteiger partial charge >= 0.3 is 5.97 Å². The predicted octanol–water partition coefficient (Wildman–Crippen LogP) is 4.06. The van der Waals surface area contributed by atoms with Gasteiger partial charge in [-0.2, -0.15) is 5.26 Å². The Labute approximate surface area is 242 Å². The van der Waals surface area contributed by atoms with E-state index in [9.17, 15) is 14.9 Å². The number of nitriles is 1. The molecule has 9 nitrogen and oxygen atoms in total. The summed E-state index contributed by atoms with van der Waals surface area (Å²) in [7, 11) is 3.06. The van der Waals surface area contributed by atoms with E-state index in [0.717, 1.165) is 16.5 Å². The van der Waals surface area contributed by atoms with Crippen LogP contribution in [0.2, 0.25) is 0 Å². The molecule has 0 amide bonds. The molecule has 0 unspecified atom stereocenters. The lowest BCUT2D eigenvalue weighted by Gasteiger charge is -2.26. The molecule has 40 heavy (non-hydrogen) atoms. The molecule has 2 aromatic heterocycles. The number of ether oxygens (including phenoxy) is 3. The highest BCUT2D eigenvalue weighted by atomic mass is 79.9. The number of carbonyl (C=O) groups excluding carboxylic acids is 1. The Balaban J connectivity index is 1.78. The zero-order chi connectivity index (χ0) is 28.6. The van der Waals surface area contributed by atoms with E-state index < -0.39 is 12.0 Å². The molecule has 4 aromatic rings. The predicted molar refractivity (Wildman–Crippen MR) is 155 cm³/mol. The quantitative estimate of drug-likeness (QED) is 0.288. The molecule has 2 aromatic carbocycles. The molecule has 0 saturated heterocycles. The minimum Gasteiger partial charge on any atom is -0.493 e. The molecular weight excluding hydrogens is 596 g/mol. The number of fused-ring (bicyclic) bond motifs is 2. The van der Waals surface area contributed by atoms with Crippen molar-refractivity contribution in [3.05, 3.63) is 89.2 Å². The van der Waals surface area contributed by atoms with Gasteiger partial charge in [-0.3, -0.25) is 9.36 Å². The summed E-state index contributed by atoms with van der Waals surface area (Å²) < 4.78 is 20.8. The Bertz CT molecular complexity index is 1910. The fraction of sp³-hybridized carbons (Fsp3) is 0.241. The third-order valence-corrected chi connectivity index (χ3v) is 8.33. The first-order valence-corrected chi connectivity index (χ1v) is 14.0. The molecule has 0 aliphatic carbocycles. The number of thiazole rings is 1. The molecular formula is C29H25BrN4O5S. The number of aromatic nitrogens is 2. The summed E-state index contributed by atoms with van der Waals surface area (Å²) in [6.45, 7) is 3.82. The molecule has 0 bridgehead atoms. The van der Waals surface area contributed by atoms with Crippen molar-refractivity contribution < 1.29 is 19.0 Å². The number of benzene rings is 2. The Morgan fingerprint density at radius 2 is 1.95 bits per heavy atom. The first kappa shape index (κ1) is 27.4. The third-order valence-electron chi connectivity index (χ3n) is 6.66. The molecule has 0 saturated carbocycles. The number of methoxy groups -OCH3 is 2. The van der Waals surface area contributed by atoms with Crippen molar-refractivity contribution >= 4 is 50.2 Å². The van der Waals surface area contributed by atoms with E-state index in [1.807, 2.05) is 41.1 Å². The second-order valence-electron chi connectivity index (χ2n) is 8.92. The van der Waals surface area contributed by atoms with Crippen molar-refractivity contribution in [3.8, 4) is 17.6 Å². The Hall–Kier alpha value is -4.14. The number of hydrogen-bond acceptors (Lipinski definition) is 8. The van der Waals surface area contributed by atoms with Crippen molar-refractivity contribution in [2.45, 2.75) is 26.4 Å². The van der Waals surface area contributed by atoms with E-state index in [1.165, 1.54) is 30.1 Å². The summed E-state index contributed by atoms with van der Waals surface area (Å²) in [5.74, 6) is 0.396. The fourth-order valence-corrected chi connectivity index (χ4v) is 6.48. The normalized spacial score (nSPS) is 15.0. The maximum Gasteiger partial charge on any atom is 0.338 e. The van der Waals surface area contributed by atoms with Gasteiger partial charge in [0.1, 0.15) is 6.54 Å². The summed E-state index contributed by atoms with van der Waals surface area (Å²) in [6.07, 6.45) is 3.67. The lowest BCUT2D eigenvalue weighted by molar-refractivity contribution is -0.139. The maximum absolute atomic E-state index is 14.1. The van der Waals surface area contributed by atoms with Gasteiger partial charge in [0, 0.05) is 27.1 Å². The van der Waals surface area contributed by atoms with Crippen LogP contribution in [0.25, 0.3) is 17.0 Å². The monoisotopic (exact) mass is 620 g/mol. The molecule has 204 valence electrons. The number of esters is 1. The Kier molecular flexibility index (Phi) is 7.65. The zero-order valence-electron chi connectivity index (χ0n) is 22.2. The topological polar surface area (TPSA) is 108 Å². The molecule has 1 aliphatic heterocycles. The molecule has 1 aliphatic rings. The third kappa shape index (κ3) is 4.63. The van der Waals surface area contributed by atoms with Gasteiger partial charge in [-0.25, -0.2) is 9.79 Å². The van der Waals surface area contributed by atoms with E-state index >= 15 is 0 Å². The molecule has 0 radical (unpaired) electrons. The molecule has 11 heteroatoms. The van der Waals surface area contributed by atoms with Gasteiger partial charge in [0.15, 0.2) is 16.3 Å². The number of hydrogen-bond donors (Lipinski definition) is 0. The summed E-state index contributed by atoms with van der Waals surface area (Å²) in [5, 5.41) is 10.2. The van der Waals surface area contributed by atoms with Crippen LogP contribution in [0.15, 0.2) is 68.1 Å². The number of carbonyl (C=O) groups is 1. The zero-order valence-corrected chi connectivity index (χ0v) is 24.6. The molecule has 5 rings (SSSR count). The van der Waals surface area contributed by atoms with Gasteiger partial charge in [-0.15, -0.1) is 0 Å². The van der Waals surface area contributed by atoms with Crippen LogP contribution in [0.1, 0.15) is 31.0 Å². The minimum atomic E-state index is -0.827. The van der Waals surface area contributed by atoms with Crippen LogP contribution in [0.3, 0.4) is 0 Å². The number of rotatable bonds is 7. The Morgan fingerprint density at radius 3 is 2.65 bits per heavy atom. The van der Waals surface area contributed by atoms with Gasteiger partial charge in [-0.05, 0) is 43.7 Å². The van der Waals surface area contributed by atoms with Crippen LogP contribution >= 0.6 is 27.3 Å². The largest absolute Gasteiger partial charge is 0.493 e. The standard InChI is InChI=1S/C29H25BrN4O5S/c1-5-39-28(36)25-16(2)32-29-34(26(25)19-13-22(37-3)23(38-4)14-20(19)30)27(35)24(40-29)12-17-15-33(11-10-31)21-9-7-6-8-18(17)21/h6-9,12-15,26H,5,11H2,1-4H3/b24-12-/t26-/m0/s1. The molecule has 3 heterocycles. The number of halogens is 1. The van der Waals surface area contributed by atoms with Crippen molar-refractivity contribution in [1.29, 1.82) is 5.26 Å². The summed E-state index contributed by atoms with van der Waals surface area (Å²) in [5.41, 5.74) is 2.75. The molecule has 0 N–H and O–H groups in total. The smallest absolute Gasteiger partial charge is 0.338 e. The van der Waals surface area contributed by atoms with E-state index in [-0.39, 0.29) is 24.3 Å². The van der Waals surface area contributed by atoms with Crippen molar-refractivity contribution in [3.63, 3.8) is 0 Å². The molecule has 0 fully saturated rings. The highest BCUT2D eigenvalue weighted by Gasteiger charge is 2.35. The fourth-order valence-electron chi connectivity index (χ4n) is 4.90. The van der Waals surface area contributed by atoms with Gasteiger partial charge in [0.2, 0.25) is 0 Å². The van der Waals surface area contributed by atoms with Crippen LogP contribution in [0.4, 0.5) is 0 Å². The molecule has 1 atom stereocenters. The average molecular weight is 622 g/mol. The lowest BCUT2D eigenvalue weighted by Crippen LogP contribution is -2.40. The Morgan fingerprint density at radius 1 is 1.23 bits per heavy atom. The van der Waals surface area contributed by atoms with Crippen LogP contribution in [0.5, 0.6) is 11.5 Å². The van der Waals surface area contributed by atoms with Crippen LogP contribution in [-0.4, -0.2) is 35.9 Å². The first-order chi connectivity index (χ1) is 19.3. The van der Waals surface area contributed by atoms with Crippen LogP contribution in [-0.2, 0) is 16.1 Å². The highest BCUT2D eigenvalue weighted by Crippen LogP contribution is 2.40. The second kappa shape index (κ2) is 11.2. The van der Waals surface area contributed by atoms with Gasteiger partial charge < -0.3 is 18.8 Å². The number of nitrogens with zero attached hydrogens (tertiary/aromatic N) is 4. The van der Waals surface area contributed by atoms with Crippen LogP contribution < -0.4 is 24.4 Å². The van der Waals surface area contributed by atoms with E-state index in [1.54, 1.807) is 26.0 Å². The van der Waals surface area contributed by atoms with Crippen LogP contribution in [0, 0.1) is 11.3 Å². The van der Waals surface area contributed by atoms with Crippen molar-refractivity contribution in [2.24, 2.45) is 4.99 Å². The minimum absolute atomic E-state index is 0.173. The van der Waals surface area contributed by atoms with Gasteiger partial charge in [0.25, 0.3) is 5.56 Å². The average Bonchev–Trinajstić information content (AvgIpc) is 3.44. The van der Waals surface area contributed by atoms with E-state index in [0.29, 0.717) is 36.6 Å². The van der Waals surface area contributed by atoms with E-state index in [2.05, 4.69) is 27.0 Å². The first-order valence-electron chi connectivity index (χ1n) is 12.4. The van der Waals surface area contributed by atoms with Crippen molar-refractivity contribution in [2.75, 3.05) is 20.8 Å². The van der Waals surface area contributed by atoms with E-state index in [4.69, 9.17) is 14.2 Å². The number of para-hydroxylation sites is 1. The second-order valence-corrected chi connectivity index (χ2v) is 10.8. The summed E-state index contributed by atoms with van der Waals surface area (Å²) in [6, 6.07) is 12.6. The summed E-state index contributed by atoms with van der Waals surface area (Å²) >= 11 is 4.85. The van der Waals surface area contributed by atoms with Crippen molar-refractivity contribution in [1.82, 2.24) is 9.13 Å². The molecule has 0 spiro atoms. The number of allylic oxidation sites excluding steroid dienone is 1. The van der Waals surface area contributed by atoms with Gasteiger partial charge in [-0.1, -0.05) is 45.5 Å². The highest BCUT2D eigenvalue weighted by molar-refractivity contribution is 9.10. The lowest BCUT2D eigenvalue weighted by atomic mass is 9.95.